The lowest BCUT2D eigenvalue weighted by Gasteiger charge is -2.00. The van der Waals surface area contributed by atoms with E-state index in [9.17, 15) is 4.79 Å². The van der Waals surface area contributed by atoms with E-state index in [1.54, 1.807) is 23.6 Å². The highest BCUT2D eigenvalue weighted by Gasteiger charge is 1.98. The molecule has 0 aromatic carbocycles. The van der Waals surface area contributed by atoms with Crippen molar-refractivity contribution in [3.05, 3.63) is 58.1 Å². The minimum absolute atomic E-state index is 0.103. The van der Waals surface area contributed by atoms with Crippen LogP contribution >= 0.6 is 11.3 Å². The van der Waals surface area contributed by atoms with Gasteiger partial charge in [0.2, 0.25) is 5.91 Å². The standard InChI is InChI=1S/C14H14N2OS/c1-11-7-9-18-13(11)5-6-14(17)16-10-12-4-2-3-8-15-12/h2-9H,10H2,1H3,(H,16,17)/b6-5+. The molecule has 92 valence electrons. The summed E-state index contributed by atoms with van der Waals surface area (Å²) in [6.45, 7) is 2.48. The Bertz CT molecular complexity index is 546. The SMILES string of the molecule is Cc1ccsc1/C=C/C(=O)NCc1ccccn1. The quantitative estimate of drug-likeness (QED) is 0.857. The molecule has 0 aliphatic heterocycles. The fraction of sp³-hybridized carbons (Fsp3) is 0.143. The summed E-state index contributed by atoms with van der Waals surface area (Å²) < 4.78 is 0. The van der Waals surface area contributed by atoms with Crippen LogP contribution in [0.3, 0.4) is 0 Å². The van der Waals surface area contributed by atoms with Crippen LogP contribution < -0.4 is 5.32 Å². The van der Waals surface area contributed by atoms with Crippen LogP contribution in [0.15, 0.2) is 41.9 Å². The zero-order valence-electron chi connectivity index (χ0n) is 10.1. The molecule has 3 nitrogen and oxygen atoms in total. The molecular weight excluding hydrogens is 244 g/mol. The van der Waals surface area contributed by atoms with E-state index in [-0.39, 0.29) is 5.91 Å². The number of nitrogens with one attached hydrogen (secondary N) is 1. The Morgan fingerprint density at radius 1 is 1.44 bits per heavy atom. The third kappa shape index (κ3) is 3.53. The molecule has 1 amide bonds. The van der Waals surface area contributed by atoms with Crippen LogP contribution in [0, 0.1) is 6.92 Å². The Balaban J connectivity index is 1.86. The number of hydrogen-bond acceptors (Lipinski definition) is 3. The first-order valence-electron chi connectivity index (χ1n) is 5.65. The Morgan fingerprint density at radius 3 is 3.00 bits per heavy atom. The van der Waals surface area contributed by atoms with Crippen molar-refractivity contribution >= 4 is 23.3 Å². The molecule has 2 heterocycles. The van der Waals surface area contributed by atoms with Crippen molar-refractivity contribution in [2.24, 2.45) is 0 Å². The molecule has 0 aliphatic carbocycles. The van der Waals surface area contributed by atoms with E-state index in [2.05, 4.69) is 10.3 Å². The predicted octanol–water partition coefficient (Wildman–Crippen LogP) is 2.78. The molecule has 0 unspecified atom stereocenters. The second-order valence-corrected chi connectivity index (χ2v) is 4.79. The summed E-state index contributed by atoms with van der Waals surface area (Å²) in [4.78, 5) is 16.9. The van der Waals surface area contributed by atoms with E-state index in [4.69, 9.17) is 0 Å². The van der Waals surface area contributed by atoms with Crippen molar-refractivity contribution in [1.29, 1.82) is 0 Å². The largest absolute Gasteiger partial charge is 0.347 e. The average molecular weight is 258 g/mol. The van der Waals surface area contributed by atoms with Crippen molar-refractivity contribution in [2.75, 3.05) is 0 Å². The van der Waals surface area contributed by atoms with Crippen LogP contribution in [0.2, 0.25) is 0 Å². The van der Waals surface area contributed by atoms with Crippen molar-refractivity contribution < 1.29 is 4.79 Å². The molecular formula is C14H14N2OS. The summed E-state index contributed by atoms with van der Waals surface area (Å²) in [5.74, 6) is -0.103. The normalized spacial score (nSPS) is 10.7. The van der Waals surface area contributed by atoms with Gasteiger partial charge in [0.1, 0.15) is 0 Å². The van der Waals surface area contributed by atoms with Crippen LogP contribution in [0.1, 0.15) is 16.1 Å². The van der Waals surface area contributed by atoms with Gasteiger partial charge in [0.25, 0.3) is 0 Å². The van der Waals surface area contributed by atoms with Gasteiger partial charge >= 0.3 is 0 Å². The van der Waals surface area contributed by atoms with Gasteiger partial charge in [-0.15, -0.1) is 11.3 Å². The number of carbonyl (C=O) groups excluding carboxylic acids is 1. The van der Waals surface area contributed by atoms with Gasteiger partial charge in [0.05, 0.1) is 12.2 Å². The van der Waals surface area contributed by atoms with Crippen LogP contribution in [-0.4, -0.2) is 10.9 Å². The molecule has 0 fully saturated rings. The highest BCUT2D eigenvalue weighted by atomic mass is 32.1. The first-order chi connectivity index (χ1) is 8.75. The molecule has 4 heteroatoms. The number of carbonyl (C=O) groups is 1. The number of pyridine rings is 1. The Labute approximate surface area is 110 Å². The highest BCUT2D eigenvalue weighted by Crippen LogP contribution is 2.16. The maximum atomic E-state index is 11.6. The lowest BCUT2D eigenvalue weighted by atomic mass is 10.3. The molecule has 2 aromatic rings. The third-order valence-electron chi connectivity index (χ3n) is 2.46. The van der Waals surface area contributed by atoms with Gasteiger partial charge in [0, 0.05) is 17.2 Å². The molecule has 0 radical (unpaired) electrons. The maximum absolute atomic E-state index is 11.6. The molecule has 0 saturated heterocycles. The minimum atomic E-state index is -0.103. The fourth-order valence-electron chi connectivity index (χ4n) is 1.45. The first-order valence-corrected chi connectivity index (χ1v) is 6.53. The van der Waals surface area contributed by atoms with Crippen molar-refractivity contribution in [2.45, 2.75) is 13.5 Å². The minimum Gasteiger partial charge on any atom is -0.347 e. The van der Waals surface area contributed by atoms with Crippen LogP contribution in [0.4, 0.5) is 0 Å². The van der Waals surface area contributed by atoms with E-state index in [0.29, 0.717) is 6.54 Å². The molecule has 0 bridgehead atoms. The summed E-state index contributed by atoms with van der Waals surface area (Å²) >= 11 is 1.63. The Morgan fingerprint density at radius 2 is 2.33 bits per heavy atom. The molecule has 0 atom stereocenters. The number of nitrogens with zero attached hydrogens (tertiary/aromatic N) is 1. The summed E-state index contributed by atoms with van der Waals surface area (Å²) in [5.41, 5.74) is 2.04. The van der Waals surface area contributed by atoms with E-state index in [1.807, 2.05) is 42.6 Å². The van der Waals surface area contributed by atoms with Gasteiger partial charge in [-0.05, 0) is 42.1 Å². The van der Waals surface area contributed by atoms with Gasteiger partial charge in [-0.3, -0.25) is 9.78 Å². The molecule has 2 rings (SSSR count). The molecule has 0 aliphatic rings. The molecule has 0 saturated carbocycles. The second kappa shape index (κ2) is 6.12. The van der Waals surface area contributed by atoms with Gasteiger partial charge in [-0.1, -0.05) is 6.07 Å². The predicted molar refractivity (Wildman–Crippen MR) is 74.2 cm³/mol. The topological polar surface area (TPSA) is 42.0 Å². The summed E-state index contributed by atoms with van der Waals surface area (Å²) in [5, 5.41) is 4.81. The van der Waals surface area contributed by atoms with E-state index < -0.39 is 0 Å². The lowest BCUT2D eigenvalue weighted by Crippen LogP contribution is -2.20. The number of amides is 1. The van der Waals surface area contributed by atoms with Crippen LogP contribution in [0.5, 0.6) is 0 Å². The zero-order valence-corrected chi connectivity index (χ0v) is 10.9. The van der Waals surface area contributed by atoms with E-state index in [0.717, 1.165) is 10.6 Å². The smallest absolute Gasteiger partial charge is 0.244 e. The van der Waals surface area contributed by atoms with Crippen molar-refractivity contribution in [3.8, 4) is 0 Å². The summed E-state index contributed by atoms with van der Waals surface area (Å²) in [6, 6.07) is 7.67. The Hall–Kier alpha value is -1.94. The number of aryl methyl sites for hydroxylation is 1. The summed E-state index contributed by atoms with van der Waals surface area (Å²) in [6.07, 6.45) is 5.11. The second-order valence-electron chi connectivity index (χ2n) is 3.84. The van der Waals surface area contributed by atoms with Gasteiger partial charge in [-0.2, -0.15) is 0 Å². The van der Waals surface area contributed by atoms with E-state index >= 15 is 0 Å². The van der Waals surface area contributed by atoms with Crippen molar-refractivity contribution in [1.82, 2.24) is 10.3 Å². The number of aromatic nitrogens is 1. The molecule has 0 spiro atoms. The first kappa shape index (κ1) is 12.5. The monoisotopic (exact) mass is 258 g/mol. The zero-order chi connectivity index (χ0) is 12.8. The third-order valence-corrected chi connectivity index (χ3v) is 3.44. The van der Waals surface area contributed by atoms with E-state index in [1.165, 1.54) is 5.56 Å². The van der Waals surface area contributed by atoms with Gasteiger partial charge in [-0.25, -0.2) is 0 Å². The Kier molecular flexibility index (Phi) is 4.25. The average Bonchev–Trinajstić information content (AvgIpc) is 2.81. The maximum Gasteiger partial charge on any atom is 0.244 e. The van der Waals surface area contributed by atoms with Crippen LogP contribution in [-0.2, 0) is 11.3 Å². The van der Waals surface area contributed by atoms with Crippen LogP contribution in [0.25, 0.3) is 6.08 Å². The number of thiophene rings is 1. The molecule has 1 N–H and O–H groups in total. The molecule has 18 heavy (non-hydrogen) atoms. The highest BCUT2D eigenvalue weighted by molar-refractivity contribution is 7.11. The fourth-order valence-corrected chi connectivity index (χ4v) is 2.27. The lowest BCUT2D eigenvalue weighted by molar-refractivity contribution is -0.116. The molecule has 2 aromatic heterocycles. The number of hydrogen-bond donors (Lipinski definition) is 1. The number of rotatable bonds is 4. The van der Waals surface area contributed by atoms with Gasteiger partial charge < -0.3 is 5.32 Å². The summed E-state index contributed by atoms with van der Waals surface area (Å²) in [7, 11) is 0. The van der Waals surface area contributed by atoms with Gasteiger partial charge in [0.15, 0.2) is 0 Å². The van der Waals surface area contributed by atoms with Crippen molar-refractivity contribution in [3.63, 3.8) is 0 Å².